The number of Topliss-reactive ketones (excluding diaryl/α,β-unsaturated/α-hetero) is 1. The van der Waals surface area contributed by atoms with Gasteiger partial charge in [-0.25, -0.2) is 0 Å². The van der Waals surface area contributed by atoms with E-state index in [-0.39, 0.29) is 23.8 Å². The number of fused-ring (bicyclic) bond motifs is 1. The third-order valence-electron chi connectivity index (χ3n) is 4.35. The summed E-state index contributed by atoms with van der Waals surface area (Å²) < 4.78 is 11.0. The maximum atomic E-state index is 12.4. The molecule has 0 aliphatic carbocycles. The first kappa shape index (κ1) is 19.4. The molecule has 8 nitrogen and oxygen atoms in total. The van der Waals surface area contributed by atoms with Crippen molar-refractivity contribution in [1.82, 2.24) is 15.1 Å². The lowest BCUT2D eigenvalue weighted by molar-refractivity contribution is -0.130. The number of likely N-dealkylation sites (N-methyl/N-ethyl adjacent to an activating group) is 1. The molecule has 3 aromatic rings. The van der Waals surface area contributed by atoms with Gasteiger partial charge in [-0.3, -0.25) is 14.7 Å². The third-order valence-corrected chi connectivity index (χ3v) is 4.35. The summed E-state index contributed by atoms with van der Waals surface area (Å²) in [5.74, 6) is -0.385. The van der Waals surface area contributed by atoms with Gasteiger partial charge in [0.1, 0.15) is 6.61 Å². The summed E-state index contributed by atoms with van der Waals surface area (Å²) in [4.78, 5) is 25.6. The molecular formula is C20H21N3O5. The van der Waals surface area contributed by atoms with Crippen LogP contribution >= 0.6 is 0 Å². The van der Waals surface area contributed by atoms with Crippen molar-refractivity contribution in [2.75, 3.05) is 34.4 Å². The number of methoxy groups -OCH3 is 1. The van der Waals surface area contributed by atoms with Crippen molar-refractivity contribution in [2.45, 2.75) is 0 Å². The summed E-state index contributed by atoms with van der Waals surface area (Å²) in [6, 6.07) is 9.02. The maximum absolute atomic E-state index is 12.4. The number of carbonyl (C=O) groups is 2. The van der Waals surface area contributed by atoms with Crippen molar-refractivity contribution < 1.29 is 24.2 Å². The average Bonchev–Trinajstić information content (AvgIpc) is 3.19. The highest BCUT2D eigenvalue weighted by Crippen LogP contribution is 2.38. The number of hydrogen-bond donors (Lipinski definition) is 2. The second-order valence-corrected chi connectivity index (χ2v) is 6.35. The van der Waals surface area contributed by atoms with E-state index in [1.807, 2.05) is 18.2 Å². The molecule has 0 unspecified atom stereocenters. The molecule has 0 radical (unpaired) electrons. The SMILES string of the molecule is COc1cc(-c2cccc3[nH]ncc23)cc(C(=O)CO)c1OCC(=O)N(C)C. The highest BCUT2D eigenvalue weighted by atomic mass is 16.5. The Kier molecular flexibility index (Phi) is 5.60. The molecule has 0 saturated carbocycles. The number of aromatic amines is 1. The number of hydrogen-bond acceptors (Lipinski definition) is 6. The van der Waals surface area contributed by atoms with Crippen LogP contribution in [0.3, 0.4) is 0 Å². The normalized spacial score (nSPS) is 10.7. The van der Waals surface area contributed by atoms with Crippen LogP contribution in [0.2, 0.25) is 0 Å². The predicted octanol–water partition coefficient (Wildman–Crippen LogP) is 1.88. The van der Waals surface area contributed by atoms with Crippen LogP contribution in [0.15, 0.2) is 36.5 Å². The van der Waals surface area contributed by atoms with Crippen LogP contribution in [0, 0.1) is 0 Å². The molecule has 0 aliphatic heterocycles. The van der Waals surface area contributed by atoms with E-state index in [1.165, 1.54) is 12.0 Å². The van der Waals surface area contributed by atoms with Crippen LogP contribution in [0.5, 0.6) is 11.5 Å². The Balaban J connectivity index is 2.13. The summed E-state index contributed by atoms with van der Waals surface area (Å²) in [7, 11) is 4.67. The quantitative estimate of drug-likeness (QED) is 0.604. The van der Waals surface area contributed by atoms with Gasteiger partial charge in [0, 0.05) is 19.5 Å². The first-order valence-electron chi connectivity index (χ1n) is 8.57. The molecule has 28 heavy (non-hydrogen) atoms. The van der Waals surface area contributed by atoms with Crippen LogP contribution in [-0.4, -0.2) is 66.3 Å². The molecule has 1 amide bonds. The molecule has 3 rings (SSSR count). The van der Waals surface area contributed by atoms with Crippen LogP contribution in [0.25, 0.3) is 22.0 Å². The first-order chi connectivity index (χ1) is 13.5. The van der Waals surface area contributed by atoms with Gasteiger partial charge in [-0.2, -0.15) is 5.10 Å². The monoisotopic (exact) mass is 383 g/mol. The number of aliphatic hydroxyl groups is 1. The Labute approximate surface area is 161 Å². The largest absolute Gasteiger partial charge is 0.493 e. The van der Waals surface area contributed by atoms with Crippen molar-refractivity contribution in [3.63, 3.8) is 0 Å². The highest BCUT2D eigenvalue weighted by Gasteiger charge is 2.21. The van der Waals surface area contributed by atoms with Crippen LogP contribution in [0.4, 0.5) is 0 Å². The van der Waals surface area contributed by atoms with Gasteiger partial charge in [-0.1, -0.05) is 12.1 Å². The minimum Gasteiger partial charge on any atom is -0.493 e. The number of nitrogens with one attached hydrogen (secondary N) is 1. The maximum Gasteiger partial charge on any atom is 0.259 e. The van der Waals surface area contributed by atoms with Crippen molar-refractivity contribution in [1.29, 1.82) is 0 Å². The third kappa shape index (κ3) is 3.67. The van der Waals surface area contributed by atoms with Gasteiger partial charge < -0.3 is 19.5 Å². The lowest BCUT2D eigenvalue weighted by Crippen LogP contribution is -2.28. The van der Waals surface area contributed by atoms with Crippen molar-refractivity contribution >= 4 is 22.6 Å². The zero-order valence-electron chi connectivity index (χ0n) is 15.9. The Morgan fingerprint density at radius 3 is 2.71 bits per heavy atom. The van der Waals surface area contributed by atoms with E-state index < -0.39 is 12.4 Å². The summed E-state index contributed by atoms with van der Waals surface area (Å²) >= 11 is 0. The fraction of sp³-hybridized carbons (Fsp3) is 0.250. The van der Waals surface area contributed by atoms with E-state index in [1.54, 1.807) is 32.4 Å². The summed E-state index contributed by atoms with van der Waals surface area (Å²) in [5.41, 5.74) is 2.53. The molecule has 1 aromatic heterocycles. The number of carbonyl (C=O) groups excluding carboxylic acids is 2. The molecule has 2 aromatic carbocycles. The van der Waals surface area contributed by atoms with E-state index in [4.69, 9.17) is 9.47 Å². The lowest BCUT2D eigenvalue weighted by atomic mass is 9.97. The molecule has 146 valence electrons. The minimum absolute atomic E-state index is 0.125. The fourth-order valence-electron chi connectivity index (χ4n) is 2.83. The first-order valence-corrected chi connectivity index (χ1v) is 8.57. The van der Waals surface area contributed by atoms with Gasteiger partial charge >= 0.3 is 0 Å². The molecular weight excluding hydrogens is 362 g/mol. The van der Waals surface area contributed by atoms with Crippen LogP contribution in [-0.2, 0) is 4.79 Å². The smallest absolute Gasteiger partial charge is 0.259 e. The van der Waals surface area contributed by atoms with Gasteiger partial charge in [0.25, 0.3) is 5.91 Å². The molecule has 0 spiro atoms. The van der Waals surface area contributed by atoms with E-state index in [0.29, 0.717) is 11.3 Å². The van der Waals surface area contributed by atoms with Gasteiger partial charge in [-0.05, 0) is 29.3 Å². The van der Waals surface area contributed by atoms with Gasteiger partial charge in [0.15, 0.2) is 23.9 Å². The topological polar surface area (TPSA) is 105 Å². The molecule has 0 bridgehead atoms. The summed E-state index contributed by atoms with van der Waals surface area (Å²) in [6.07, 6.45) is 1.70. The second-order valence-electron chi connectivity index (χ2n) is 6.35. The fourth-order valence-corrected chi connectivity index (χ4v) is 2.83. The summed E-state index contributed by atoms with van der Waals surface area (Å²) in [6.45, 7) is -0.952. The Hall–Kier alpha value is -3.39. The number of ketones is 1. The molecule has 0 fully saturated rings. The number of benzene rings is 2. The zero-order chi connectivity index (χ0) is 20.3. The molecule has 1 heterocycles. The van der Waals surface area contributed by atoms with Crippen LogP contribution in [0.1, 0.15) is 10.4 Å². The zero-order valence-corrected chi connectivity index (χ0v) is 15.9. The number of H-pyrrole nitrogens is 1. The number of aliphatic hydroxyl groups excluding tert-OH is 1. The van der Waals surface area contributed by atoms with Crippen LogP contribution < -0.4 is 9.47 Å². The second kappa shape index (κ2) is 8.10. The minimum atomic E-state index is -0.694. The highest BCUT2D eigenvalue weighted by molar-refractivity contribution is 6.03. The van der Waals surface area contributed by atoms with Gasteiger partial charge in [-0.15, -0.1) is 0 Å². The molecule has 8 heteroatoms. The molecule has 0 saturated heterocycles. The van der Waals surface area contributed by atoms with E-state index >= 15 is 0 Å². The molecule has 0 aliphatic rings. The van der Waals surface area contributed by atoms with Crippen molar-refractivity contribution in [3.05, 3.63) is 42.1 Å². The average molecular weight is 383 g/mol. The Morgan fingerprint density at radius 1 is 1.25 bits per heavy atom. The number of amides is 1. The number of nitrogens with zero attached hydrogens (tertiary/aromatic N) is 2. The number of ether oxygens (including phenoxy) is 2. The van der Waals surface area contributed by atoms with E-state index in [9.17, 15) is 14.7 Å². The standard InChI is InChI=1S/C20H21N3O5/c1-23(2)19(26)11-28-20-14(17(25)10-24)7-12(8-18(20)27-3)13-5-4-6-16-15(13)9-21-22-16/h4-9,24H,10-11H2,1-3H3,(H,21,22). The predicted molar refractivity (Wildman–Crippen MR) is 104 cm³/mol. The summed E-state index contributed by atoms with van der Waals surface area (Å²) in [5, 5.41) is 17.2. The van der Waals surface area contributed by atoms with Gasteiger partial charge in [0.05, 0.1) is 24.4 Å². The number of aromatic nitrogens is 2. The van der Waals surface area contributed by atoms with Crippen molar-refractivity contribution in [3.8, 4) is 22.6 Å². The van der Waals surface area contributed by atoms with E-state index in [0.717, 1.165) is 16.5 Å². The lowest BCUT2D eigenvalue weighted by Gasteiger charge is -2.17. The number of rotatable bonds is 7. The van der Waals surface area contributed by atoms with Crippen molar-refractivity contribution in [2.24, 2.45) is 0 Å². The van der Waals surface area contributed by atoms with Gasteiger partial charge in [0.2, 0.25) is 0 Å². The van der Waals surface area contributed by atoms with E-state index in [2.05, 4.69) is 10.2 Å². The molecule has 2 N–H and O–H groups in total. The Bertz CT molecular complexity index is 1030. The Morgan fingerprint density at radius 2 is 2.04 bits per heavy atom. The molecule has 0 atom stereocenters.